The molecule has 0 spiro atoms. The Kier molecular flexibility index (Phi) is 4.54. The molecule has 7 nitrogen and oxygen atoms in total. The fourth-order valence-corrected chi connectivity index (χ4v) is 1.89. The number of aliphatic imine (C=N–C) groups is 1. The van der Waals surface area contributed by atoms with Crippen LogP contribution < -0.4 is 9.99 Å². The van der Waals surface area contributed by atoms with Gasteiger partial charge in [-0.1, -0.05) is 0 Å². The SMILES string of the molecule is Cc1c(O)c(C=NNC2=NC=C[CH]N2C)c(CO)c[n+]1C. The van der Waals surface area contributed by atoms with E-state index in [0.29, 0.717) is 22.8 Å². The van der Waals surface area contributed by atoms with E-state index in [2.05, 4.69) is 15.5 Å². The first-order valence-electron chi connectivity index (χ1n) is 6.46. The van der Waals surface area contributed by atoms with Crippen molar-refractivity contribution in [1.82, 2.24) is 10.3 Å². The molecule has 21 heavy (non-hydrogen) atoms. The van der Waals surface area contributed by atoms with Crippen molar-refractivity contribution in [2.24, 2.45) is 17.1 Å². The van der Waals surface area contributed by atoms with Crippen molar-refractivity contribution in [3.8, 4) is 5.75 Å². The molecule has 0 bridgehead atoms. The maximum atomic E-state index is 10.2. The van der Waals surface area contributed by atoms with Gasteiger partial charge in [0.15, 0.2) is 11.9 Å². The van der Waals surface area contributed by atoms with E-state index in [1.165, 1.54) is 6.21 Å². The summed E-state index contributed by atoms with van der Waals surface area (Å²) in [7, 11) is 3.65. The Labute approximate surface area is 123 Å². The molecule has 2 rings (SSSR count). The number of rotatable bonds is 3. The third-order valence-electron chi connectivity index (χ3n) is 3.28. The second kappa shape index (κ2) is 6.36. The minimum atomic E-state index is -0.180. The summed E-state index contributed by atoms with van der Waals surface area (Å²) in [5.41, 5.74) is 4.57. The van der Waals surface area contributed by atoms with Gasteiger partial charge in [-0.25, -0.2) is 15.0 Å². The monoisotopic (exact) mass is 289 g/mol. The Balaban J connectivity index is 2.23. The minimum Gasteiger partial charge on any atom is -0.502 e. The summed E-state index contributed by atoms with van der Waals surface area (Å²) in [6.07, 6.45) is 6.70. The van der Waals surface area contributed by atoms with Crippen LogP contribution in [0.5, 0.6) is 5.75 Å². The predicted octanol–water partition coefficient (Wildman–Crippen LogP) is -0.0822. The largest absolute Gasteiger partial charge is 0.502 e. The van der Waals surface area contributed by atoms with Crippen molar-refractivity contribution in [1.29, 1.82) is 0 Å². The zero-order chi connectivity index (χ0) is 15.4. The highest BCUT2D eigenvalue weighted by molar-refractivity contribution is 5.88. The maximum Gasteiger partial charge on any atom is 0.220 e. The van der Waals surface area contributed by atoms with Gasteiger partial charge in [-0.15, -0.1) is 0 Å². The highest BCUT2D eigenvalue weighted by atomic mass is 16.3. The average molecular weight is 289 g/mol. The van der Waals surface area contributed by atoms with Crippen LogP contribution in [0, 0.1) is 13.5 Å². The molecule has 0 atom stereocenters. The molecular weight excluding hydrogens is 270 g/mol. The molecule has 111 valence electrons. The molecule has 1 aromatic heterocycles. The number of aliphatic hydroxyl groups excluding tert-OH is 1. The fraction of sp³-hybridized carbons (Fsp3) is 0.286. The number of likely N-dealkylation sites (N-methyl/N-ethyl adjacent to an activating group) is 1. The molecule has 0 amide bonds. The highest BCUT2D eigenvalue weighted by Crippen LogP contribution is 2.20. The Hall–Kier alpha value is -2.41. The van der Waals surface area contributed by atoms with E-state index in [1.54, 1.807) is 35.8 Å². The highest BCUT2D eigenvalue weighted by Gasteiger charge is 2.17. The van der Waals surface area contributed by atoms with Crippen LogP contribution in [-0.2, 0) is 13.7 Å². The first-order chi connectivity index (χ1) is 10.0. The van der Waals surface area contributed by atoms with Crippen molar-refractivity contribution < 1.29 is 14.8 Å². The molecule has 1 aliphatic rings. The topological polar surface area (TPSA) is 84.3 Å². The third-order valence-corrected chi connectivity index (χ3v) is 3.28. The number of nitrogens with zero attached hydrogens (tertiary/aromatic N) is 4. The van der Waals surface area contributed by atoms with Gasteiger partial charge in [0.1, 0.15) is 7.05 Å². The lowest BCUT2D eigenvalue weighted by molar-refractivity contribution is -0.678. The standard InChI is InChI=1S/C14H18N5O2/c1-10-13(21)12(11(9-20)8-19(10)3)7-16-17-14-15-5-4-6-18(14)2/h4-8,20-21H,9H2,1-3H3/p+1. The zero-order valence-corrected chi connectivity index (χ0v) is 12.3. The van der Waals surface area contributed by atoms with Crippen molar-refractivity contribution >= 4 is 12.2 Å². The zero-order valence-electron chi connectivity index (χ0n) is 12.3. The van der Waals surface area contributed by atoms with Crippen LogP contribution in [0.4, 0.5) is 0 Å². The van der Waals surface area contributed by atoms with Gasteiger partial charge in [0.25, 0.3) is 0 Å². The van der Waals surface area contributed by atoms with Crippen LogP contribution in [0.1, 0.15) is 16.8 Å². The lowest BCUT2D eigenvalue weighted by Crippen LogP contribution is -2.35. The van der Waals surface area contributed by atoms with Gasteiger partial charge in [-0.2, -0.15) is 5.10 Å². The Bertz CT molecular complexity index is 622. The number of nitrogens with one attached hydrogen (secondary N) is 1. The summed E-state index contributed by atoms with van der Waals surface area (Å²) in [6.45, 7) is 3.45. The van der Waals surface area contributed by atoms with Crippen molar-refractivity contribution in [3.05, 3.63) is 41.8 Å². The molecule has 3 N–H and O–H groups in total. The van der Waals surface area contributed by atoms with E-state index in [0.717, 1.165) is 0 Å². The quantitative estimate of drug-likeness (QED) is 0.413. The first-order valence-corrected chi connectivity index (χ1v) is 6.46. The van der Waals surface area contributed by atoms with Gasteiger partial charge in [0.05, 0.1) is 30.5 Å². The number of guanidine groups is 1. The third kappa shape index (κ3) is 3.19. The molecule has 0 unspecified atom stereocenters. The summed E-state index contributed by atoms with van der Waals surface area (Å²) < 4.78 is 1.75. The number of aliphatic hydroxyl groups is 1. The van der Waals surface area contributed by atoms with E-state index in [1.807, 2.05) is 19.7 Å². The van der Waals surface area contributed by atoms with E-state index in [9.17, 15) is 10.2 Å². The van der Waals surface area contributed by atoms with Crippen LogP contribution in [0.15, 0.2) is 28.6 Å². The van der Waals surface area contributed by atoms with Crippen LogP contribution in [0.25, 0.3) is 0 Å². The van der Waals surface area contributed by atoms with Gasteiger partial charge in [0.2, 0.25) is 11.7 Å². The summed E-state index contributed by atoms with van der Waals surface area (Å²) in [5.74, 6) is 0.664. The van der Waals surface area contributed by atoms with Crippen molar-refractivity contribution in [2.75, 3.05) is 7.05 Å². The van der Waals surface area contributed by atoms with Gasteiger partial charge in [-0.3, -0.25) is 0 Å². The minimum absolute atomic E-state index is 0.0972. The number of aryl methyl sites for hydroxylation is 1. The number of pyridine rings is 1. The van der Waals surface area contributed by atoms with Crippen LogP contribution >= 0.6 is 0 Å². The predicted molar refractivity (Wildman–Crippen MR) is 79.3 cm³/mol. The molecule has 2 heterocycles. The molecule has 1 aromatic rings. The van der Waals surface area contributed by atoms with Crippen LogP contribution in [0.2, 0.25) is 0 Å². The van der Waals surface area contributed by atoms with Gasteiger partial charge in [0, 0.05) is 20.2 Å². The molecule has 0 saturated heterocycles. The summed E-state index contributed by atoms with van der Waals surface area (Å²) >= 11 is 0. The first kappa shape index (κ1) is 15.0. The van der Waals surface area contributed by atoms with E-state index < -0.39 is 0 Å². The smallest absolute Gasteiger partial charge is 0.220 e. The number of aromatic nitrogens is 1. The molecule has 7 heteroatoms. The Morgan fingerprint density at radius 3 is 2.95 bits per heavy atom. The van der Waals surface area contributed by atoms with E-state index in [4.69, 9.17) is 0 Å². The van der Waals surface area contributed by atoms with Crippen LogP contribution in [0.3, 0.4) is 0 Å². The van der Waals surface area contributed by atoms with E-state index in [-0.39, 0.29) is 12.4 Å². The number of hydrazone groups is 1. The normalized spacial score (nSPS) is 14.7. The van der Waals surface area contributed by atoms with Gasteiger partial charge in [-0.05, 0) is 6.08 Å². The molecule has 1 radical (unpaired) electrons. The number of aromatic hydroxyl groups is 1. The van der Waals surface area contributed by atoms with Crippen molar-refractivity contribution in [2.45, 2.75) is 13.5 Å². The average Bonchev–Trinajstić information content (AvgIpc) is 2.48. The molecule has 0 aromatic carbocycles. The lowest BCUT2D eigenvalue weighted by Gasteiger charge is -2.19. The number of hydrogen-bond donors (Lipinski definition) is 3. The molecule has 1 aliphatic heterocycles. The maximum absolute atomic E-state index is 10.2. The van der Waals surface area contributed by atoms with Gasteiger partial charge < -0.3 is 15.1 Å². The second-order valence-electron chi connectivity index (χ2n) is 4.70. The Morgan fingerprint density at radius 2 is 2.29 bits per heavy atom. The van der Waals surface area contributed by atoms with Gasteiger partial charge >= 0.3 is 0 Å². The second-order valence-corrected chi connectivity index (χ2v) is 4.70. The summed E-state index contributed by atoms with van der Waals surface area (Å²) in [6, 6.07) is 0. The summed E-state index contributed by atoms with van der Waals surface area (Å²) in [5, 5.41) is 23.6. The molecule has 0 saturated carbocycles. The van der Waals surface area contributed by atoms with E-state index >= 15 is 0 Å². The fourth-order valence-electron chi connectivity index (χ4n) is 1.89. The lowest BCUT2D eigenvalue weighted by atomic mass is 10.1. The molecular formula is C14H19N5O2+. The van der Waals surface area contributed by atoms with Crippen molar-refractivity contribution in [3.63, 3.8) is 0 Å². The number of hydrogen-bond acceptors (Lipinski definition) is 6. The molecule has 0 aliphatic carbocycles. The summed E-state index contributed by atoms with van der Waals surface area (Å²) in [4.78, 5) is 5.91. The van der Waals surface area contributed by atoms with Crippen LogP contribution in [-0.4, -0.2) is 34.3 Å². The molecule has 0 fully saturated rings. The Morgan fingerprint density at radius 1 is 1.52 bits per heavy atom.